The molecule has 1 N–H and O–H groups in total. The number of hydrogen-bond donors (Lipinski definition) is 1. The van der Waals surface area contributed by atoms with Gasteiger partial charge in [0.15, 0.2) is 0 Å². The molecule has 1 unspecified atom stereocenters. The molecule has 24 heavy (non-hydrogen) atoms. The molecule has 5 heteroatoms. The largest absolute Gasteiger partial charge is 0.481 e. The Morgan fingerprint density at radius 1 is 1.25 bits per heavy atom. The second-order valence-electron chi connectivity index (χ2n) is 6.35. The minimum Gasteiger partial charge on any atom is -0.481 e. The Labute approximate surface area is 151 Å². The van der Waals surface area contributed by atoms with E-state index in [1.165, 1.54) is 26.5 Å². The Bertz CT molecular complexity index is 702. The maximum absolute atomic E-state index is 10.9. The van der Waals surface area contributed by atoms with Crippen molar-refractivity contribution in [3.05, 3.63) is 49.9 Å². The third-order valence-corrected chi connectivity index (χ3v) is 6.75. The molecule has 0 aromatic carbocycles. The summed E-state index contributed by atoms with van der Waals surface area (Å²) in [6.45, 7) is 6.30. The number of rotatable bonds is 7. The Morgan fingerprint density at radius 2 is 1.88 bits per heavy atom. The van der Waals surface area contributed by atoms with Crippen molar-refractivity contribution >= 4 is 34.2 Å². The minimum atomic E-state index is -0.690. The SMILES string of the molecule is Cc1ccsc1C(=CCCN1CCC1CC(=O)O)c1sccc1C. The van der Waals surface area contributed by atoms with E-state index in [4.69, 9.17) is 5.11 Å². The number of carbonyl (C=O) groups is 1. The Balaban J connectivity index is 1.73. The molecule has 0 aliphatic carbocycles. The van der Waals surface area contributed by atoms with Gasteiger partial charge in [0.1, 0.15) is 0 Å². The fraction of sp³-hybridized carbons (Fsp3) is 0.421. The summed E-state index contributed by atoms with van der Waals surface area (Å²) in [5, 5.41) is 13.3. The summed E-state index contributed by atoms with van der Waals surface area (Å²) in [4.78, 5) is 15.9. The zero-order valence-corrected chi connectivity index (χ0v) is 15.8. The summed E-state index contributed by atoms with van der Waals surface area (Å²) in [5.41, 5.74) is 3.99. The molecule has 0 saturated carbocycles. The van der Waals surface area contributed by atoms with Crippen LogP contribution < -0.4 is 0 Å². The van der Waals surface area contributed by atoms with Crippen molar-refractivity contribution in [2.75, 3.05) is 13.1 Å². The molecule has 3 heterocycles. The Kier molecular flexibility index (Phi) is 5.54. The number of carboxylic acid groups (broad SMARTS) is 1. The highest BCUT2D eigenvalue weighted by molar-refractivity contribution is 7.14. The van der Waals surface area contributed by atoms with Gasteiger partial charge in [-0.1, -0.05) is 6.08 Å². The highest BCUT2D eigenvalue weighted by Crippen LogP contribution is 2.35. The van der Waals surface area contributed by atoms with E-state index >= 15 is 0 Å². The number of thiophene rings is 2. The van der Waals surface area contributed by atoms with E-state index in [9.17, 15) is 4.79 Å². The topological polar surface area (TPSA) is 40.5 Å². The highest BCUT2D eigenvalue weighted by Gasteiger charge is 2.28. The molecule has 3 rings (SSSR count). The number of aliphatic carboxylic acids is 1. The van der Waals surface area contributed by atoms with Crippen molar-refractivity contribution in [1.82, 2.24) is 4.90 Å². The first kappa shape index (κ1) is 17.4. The molecule has 2 aromatic rings. The van der Waals surface area contributed by atoms with Crippen molar-refractivity contribution in [1.29, 1.82) is 0 Å². The summed E-state index contributed by atoms with van der Waals surface area (Å²) in [5.74, 6) is -0.690. The van der Waals surface area contributed by atoms with Gasteiger partial charge in [0.25, 0.3) is 0 Å². The van der Waals surface area contributed by atoms with Gasteiger partial charge in [-0.3, -0.25) is 9.69 Å². The van der Waals surface area contributed by atoms with Crippen LogP contribution in [-0.2, 0) is 4.79 Å². The van der Waals surface area contributed by atoms with Crippen LogP contribution in [0.5, 0.6) is 0 Å². The van der Waals surface area contributed by atoms with E-state index in [0.29, 0.717) is 0 Å². The fourth-order valence-corrected chi connectivity index (χ4v) is 5.20. The standard InChI is InChI=1S/C19H23NO2S2/c1-13-6-10-23-18(13)16(19-14(2)7-11-24-19)4-3-8-20-9-5-15(20)12-17(21)22/h4,6-7,10-11,15H,3,5,8-9,12H2,1-2H3,(H,21,22). The molecular formula is C19H23NO2S2. The summed E-state index contributed by atoms with van der Waals surface area (Å²) in [6.07, 6.45) is 4.58. The lowest BCUT2D eigenvalue weighted by molar-refractivity contribution is -0.139. The maximum atomic E-state index is 10.9. The van der Waals surface area contributed by atoms with Crippen LogP contribution in [0.1, 0.15) is 40.1 Å². The first-order chi connectivity index (χ1) is 11.6. The van der Waals surface area contributed by atoms with Gasteiger partial charge in [-0.05, 0) is 67.3 Å². The molecule has 0 radical (unpaired) electrons. The quantitative estimate of drug-likeness (QED) is 0.770. The third kappa shape index (κ3) is 3.79. The van der Waals surface area contributed by atoms with Crippen LogP contribution in [0, 0.1) is 13.8 Å². The van der Waals surface area contributed by atoms with Crippen LogP contribution in [0.4, 0.5) is 0 Å². The van der Waals surface area contributed by atoms with Gasteiger partial charge >= 0.3 is 5.97 Å². The summed E-state index contributed by atoms with van der Waals surface area (Å²) >= 11 is 3.60. The molecule has 1 atom stereocenters. The van der Waals surface area contributed by atoms with E-state index in [-0.39, 0.29) is 12.5 Å². The Morgan fingerprint density at radius 3 is 2.29 bits per heavy atom. The molecule has 1 aliphatic heterocycles. The van der Waals surface area contributed by atoms with Crippen molar-refractivity contribution in [3.8, 4) is 0 Å². The van der Waals surface area contributed by atoms with E-state index in [2.05, 4.69) is 47.7 Å². The molecule has 0 spiro atoms. The monoisotopic (exact) mass is 361 g/mol. The molecule has 128 valence electrons. The molecule has 0 bridgehead atoms. The van der Waals surface area contributed by atoms with E-state index in [0.717, 1.165) is 25.9 Å². The first-order valence-electron chi connectivity index (χ1n) is 8.31. The van der Waals surface area contributed by atoms with Crippen LogP contribution in [0.2, 0.25) is 0 Å². The number of likely N-dealkylation sites (tertiary alicyclic amines) is 1. The van der Waals surface area contributed by atoms with Crippen LogP contribution >= 0.6 is 22.7 Å². The molecular weight excluding hydrogens is 338 g/mol. The third-order valence-electron chi connectivity index (χ3n) is 4.65. The molecule has 0 amide bonds. The van der Waals surface area contributed by atoms with E-state index in [1.54, 1.807) is 22.7 Å². The van der Waals surface area contributed by atoms with Gasteiger partial charge in [0.2, 0.25) is 0 Å². The summed E-state index contributed by atoms with van der Waals surface area (Å²) in [6, 6.07) is 4.58. The zero-order chi connectivity index (χ0) is 17.1. The van der Waals surface area contributed by atoms with Crippen LogP contribution in [0.25, 0.3) is 5.57 Å². The van der Waals surface area contributed by atoms with E-state index < -0.39 is 5.97 Å². The van der Waals surface area contributed by atoms with Crippen LogP contribution in [0.3, 0.4) is 0 Å². The molecule has 1 aliphatic rings. The average molecular weight is 362 g/mol. The van der Waals surface area contributed by atoms with Gasteiger partial charge in [-0.15, -0.1) is 22.7 Å². The summed E-state index contributed by atoms with van der Waals surface area (Å²) < 4.78 is 0. The fourth-order valence-electron chi connectivity index (χ4n) is 3.18. The number of aryl methyl sites for hydroxylation is 2. The lowest BCUT2D eigenvalue weighted by atomic mass is 9.99. The van der Waals surface area contributed by atoms with Crippen molar-refractivity contribution in [2.45, 2.75) is 39.2 Å². The van der Waals surface area contributed by atoms with Crippen molar-refractivity contribution < 1.29 is 9.90 Å². The molecule has 1 saturated heterocycles. The van der Waals surface area contributed by atoms with Gasteiger partial charge in [-0.2, -0.15) is 0 Å². The maximum Gasteiger partial charge on any atom is 0.304 e. The zero-order valence-electron chi connectivity index (χ0n) is 14.1. The number of nitrogens with zero attached hydrogens (tertiary/aromatic N) is 1. The van der Waals surface area contributed by atoms with Crippen LogP contribution in [-0.4, -0.2) is 35.1 Å². The predicted molar refractivity (Wildman–Crippen MR) is 102 cm³/mol. The van der Waals surface area contributed by atoms with E-state index in [1.807, 2.05) is 0 Å². The molecule has 3 nitrogen and oxygen atoms in total. The second kappa shape index (κ2) is 7.64. The molecule has 1 fully saturated rings. The predicted octanol–water partition coefficient (Wildman–Crippen LogP) is 4.80. The lowest BCUT2D eigenvalue weighted by Gasteiger charge is -2.40. The number of hydrogen-bond acceptors (Lipinski definition) is 4. The van der Waals surface area contributed by atoms with Crippen molar-refractivity contribution in [2.24, 2.45) is 0 Å². The first-order valence-corrected chi connectivity index (χ1v) is 10.1. The normalized spacial score (nSPS) is 17.5. The number of carboxylic acids is 1. The Hall–Kier alpha value is -1.43. The highest BCUT2D eigenvalue weighted by atomic mass is 32.1. The van der Waals surface area contributed by atoms with Gasteiger partial charge in [0.05, 0.1) is 6.42 Å². The average Bonchev–Trinajstić information content (AvgIpc) is 3.13. The smallest absolute Gasteiger partial charge is 0.304 e. The van der Waals surface area contributed by atoms with Gasteiger partial charge in [0, 0.05) is 27.9 Å². The minimum absolute atomic E-state index is 0.228. The van der Waals surface area contributed by atoms with Crippen molar-refractivity contribution in [3.63, 3.8) is 0 Å². The summed E-state index contributed by atoms with van der Waals surface area (Å²) in [7, 11) is 0. The van der Waals surface area contributed by atoms with Gasteiger partial charge in [-0.25, -0.2) is 0 Å². The molecule has 2 aromatic heterocycles. The van der Waals surface area contributed by atoms with Gasteiger partial charge < -0.3 is 5.11 Å². The lowest BCUT2D eigenvalue weighted by Crippen LogP contribution is -2.48. The second-order valence-corrected chi connectivity index (χ2v) is 8.18. The van der Waals surface area contributed by atoms with Crippen LogP contribution in [0.15, 0.2) is 29.0 Å².